The molecule has 3 rings (SSSR count). The van der Waals surface area contributed by atoms with Crippen LogP contribution < -0.4 is 24.8 Å². The van der Waals surface area contributed by atoms with Crippen LogP contribution in [0.25, 0.3) is 11.4 Å². The zero-order chi connectivity index (χ0) is 21.3. The fourth-order valence-electron chi connectivity index (χ4n) is 2.93. The van der Waals surface area contributed by atoms with Crippen molar-refractivity contribution >= 4 is 11.6 Å². The lowest BCUT2D eigenvalue weighted by Crippen LogP contribution is -2.30. The minimum Gasteiger partial charge on any atom is -0.493 e. The lowest BCUT2D eigenvalue weighted by Gasteiger charge is -2.16. The lowest BCUT2D eigenvalue weighted by atomic mass is 10.1. The van der Waals surface area contributed by atoms with Crippen molar-refractivity contribution in [3.8, 4) is 28.6 Å². The summed E-state index contributed by atoms with van der Waals surface area (Å²) < 4.78 is 16.2. The number of aliphatic imine (C=N–C) groups is 1. The van der Waals surface area contributed by atoms with E-state index in [1.807, 2.05) is 43.3 Å². The highest BCUT2D eigenvalue weighted by atomic mass is 16.5. The third kappa shape index (κ3) is 4.99. The monoisotopic (exact) mass is 410 g/mol. The Bertz CT molecular complexity index is 963. The maximum absolute atomic E-state index is 5.42. The summed E-state index contributed by atoms with van der Waals surface area (Å²) in [6, 6.07) is 11.7. The van der Waals surface area contributed by atoms with E-state index in [4.69, 9.17) is 19.2 Å². The lowest BCUT2D eigenvalue weighted by molar-refractivity contribution is 0.324. The van der Waals surface area contributed by atoms with Crippen molar-refractivity contribution in [2.45, 2.75) is 13.5 Å². The molecule has 0 aliphatic rings. The molecule has 3 aromatic rings. The van der Waals surface area contributed by atoms with Crippen molar-refractivity contribution < 1.29 is 14.2 Å². The second-order valence-electron chi connectivity index (χ2n) is 6.27. The van der Waals surface area contributed by atoms with Crippen LogP contribution >= 0.6 is 0 Å². The molecule has 0 amide bonds. The molecule has 9 nitrogen and oxygen atoms in total. The van der Waals surface area contributed by atoms with Gasteiger partial charge in [0.2, 0.25) is 5.75 Å². The molecular weight excluding hydrogens is 384 g/mol. The molecule has 0 aliphatic carbocycles. The molecular formula is C21H26N6O3. The number of methoxy groups -OCH3 is 3. The fraction of sp³-hybridized carbons (Fsp3) is 0.286. The molecule has 0 spiro atoms. The molecule has 3 N–H and O–H groups in total. The summed E-state index contributed by atoms with van der Waals surface area (Å²) in [5.41, 5.74) is 2.77. The highest BCUT2D eigenvalue weighted by Gasteiger charge is 2.14. The highest BCUT2D eigenvalue weighted by Crippen LogP contribution is 2.39. The molecule has 2 aromatic carbocycles. The van der Waals surface area contributed by atoms with Gasteiger partial charge in [-0.3, -0.25) is 5.10 Å². The van der Waals surface area contributed by atoms with E-state index in [2.05, 4.69) is 25.8 Å². The first-order valence-electron chi connectivity index (χ1n) is 9.48. The smallest absolute Gasteiger partial charge is 0.203 e. The van der Waals surface area contributed by atoms with E-state index in [1.165, 1.54) is 6.33 Å². The molecule has 158 valence electrons. The van der Waals surface area contributed by atoms with Crippen LogP contribution in [0.2, 0.25) is 0 Å². The van der Waals surface area contributed by atoms with E-state index in [0.29, 0.717) is 36.3 Å². The minimum atomic E-state index is 0.488. The average Bonchev–Trinajstić information content (AvgIpc) is 3.32. The number of rotatable bonds is 8. The van der Waals surface area contributed by atoms with Crippen LogP contribution in [0.4, 0.5) is 5.69 Å². The normalized spacial score (nSPS) is 11.1. The number of aromatic amines is 1. The van der Waals surface area contributed by atoms with Crippen LogP contribution in [-0.4, -0.2) is 49.0 Å². The molecule has 30 heavy (non-hydrogen) atoms. The molecule has 0 radical (unpaired) electrons. The number of H-pyrrole nitrogens is 1. The van der Waals surface area contributed by atoms with Crippen molar-refractivity contribution in [3.05, 3.63) is 48.3 Å². The Balaban J connectivity index is 1.81. The standard InChI is InChI=1S/C21H26N6O3/c1-5-22-21(26-16-10-17(28-2)19(30-4)18(11-16)29-3)23-12-14-7-6-8-15(9-14)20-24-13-25-27-20/h6-11,13H,5,12H2,1-4H3,(H2,22,23,26)(H,24,25,27). The zero-order valence-corrected chi connectivity index (χ0v) is 17.5. The van der Waals surface area contributed by atoms with Gasteiger partial charge < -0.3 is 24.8 Å². The van der Waals surface area contributed by atoms with Crippen LogP contribution in [0.5, 0.6) is 17.2 Å². The van der Waals surface area contributed by atoms with Gasteiger partial charge in [0.05, 0.1) is 27.9 Å². The van der Waals surface area contributed by atoms with Gasteiger partial charge in [-0.05, 0) is 18.6 Å². The molecule has 0 unspecified atom stereocenters. The van der Waals surface area contributed by atoms with E-state index >= 15 is 0 Å². The zero-order valence-electron chi connectivity index (χ0n) is 17.5. The van der Waals surface area contributed by atoms with Gasteiger partial charge >= 0.3 is 0 Å². The fourth-order valence-corrected chi connectivity index (χ4v) is 2.93. The van der Waals surface area contributed by atoms with Crippen LogP contribution in [0.1, 0.15) is 12.5 Å². The number of anilines is 1. The molecule has 1 heterocycles. The number of hydrogen-bond donors (Lipinski definition) is 3. The maximum atomic E-state index is 5.42. The number of ether oxygens (including phenoxy) is 3. The summed E-state index contributed by atoms with van der Waals surface area (Å²) in [6.07, 6.45) is 1.49. The third-order valence-electron chi connectivity index (χ3n) is 4.31. The van der Waals surface area contributed by atoms with Crippen LogP contribution in [0.3, 0.4) is 0 Å². The SMILES string of the molecule is CCNC(=NCc1cccc(-c2ncn[nH]2)c1)Nc1cc(OC)c(OC)c(OC)c1. The number of hydrogen-bond acceptors (Lipinski definition) is 6. The van der Waals surface area contributed by atoms with Crippen LogP contribution in [0.15, 0.2) is 47.7 Å². The number of benzene rings is 2. The van der Waals surface area contributed by atoms with Crippen LogP contribution in [0, 0.1) is 0 Å². The van der Waals surface area contributed by atoms with Gasteiger partial charge in [-0.25, -0.2) is 9.98 Å². The molecule has 9 heteroatoms. The number of guanidine groups is 1. The first-order chi connectivity index (χ1) is 14.7. The van der Waals surface area contributed by atoms with Gasteiger partial charge in [0.15, 0.2) is 23.3 Å². The average molecular weight is 410 g/mol. The summed E-state index contributed by atoms with van der Waals surface area (Å²) in [6.45, 7) is 3.22. The Morgan fingerprint density at radius 1 is 1.07 bits per heavy atom. The Morgan fingerprint density at radius 3 is 2.43 bits per heavy atom. The Morgan fingerprint density at radius 2 is 1.83 bits per heavy atom. The first-order valence-corrected chi connectivity index (χ1v) is 9.48. The van der Waals surface area contributed by atoms with Crippen molar-refractivity contribution in [1.29, 1.82) is 0 Å². The minimum absolute atomic E-state index is 0.488. The second-order valence-corrected chi connectivity index (χ2v) is 6.27. The maximum Gasteiger partial charge on any atom is 0.203 e. The van der Waals surface area contributed by atoms with Gasteiger partial charge in [0.1, 0.15) is 6.33 Å². The Hall–Kier alpha value is -3.75. The van der Waals surface area contributed by atoms with Crippen molar-refractivity contribution in [1.82, 2.24) is 20.5 Å². The molecule has 0 fully saturated rings. The van der Waals surface area contributed by atoms with E-state index < -0.39 is 0 Å². The van der Waals surface area contributed by atoms with Crippen molar-refractivity contribution in [3.63, 3.8) is 0 Å². The predicted molar refractivity (Wildman–Crippen MR) is 116 cm³/mol. The highest BCUT2D eigenvalue weighted by molar-refractivity contribution is 5.94. The summed E-state index contributed by atoms with van der Waals surface area (Å²) in [4.78, 5) is 8.88. The second kappa shape index (κ2) is 10.1. The van der Waals surface area contributed by atoms with Crippen molar-refractivity contribution in [2.75, 3.05) is 33.2 Å². The van der Waals surface area contributed by atoms with E-state index in [-0.39, 0.29) is 0 Å². The number of nitrogens with zero attached hydrogens (tertiary/aromatic N) is 3. The van der Waals surface area contributed by atoms with Crippen LogP contribution in [-0.2, 0) is 6.54 Å². The van der Waals surface area contributed by atoms with Gasteiger partial charge in [-0.15, -0.1) is 0 Å². The predicted octanol–water partition coefficient (Wildman–Crippen LogP) is 3.08. The quantitative estimate of drug-likeness (QED) is 0.387. The summed E-state index contributed by atoms with van der Waals surface area (Å²) in [7, 11) is 4.75. The van der Waals surface area contributed by atoms with Gasteiger partial charge in [0.25, 0.3) is 0 Å². The molecule has 1 aromatic heterocycles. The summed E-state index contributed by atoms with van der Waals surface area (Å²) >= 11 is 0. The number of aromatic nitrogens is 3. The largest absolute Gasteiger partial charge is 0.493 e. The first kappa shape index (κ1) is 21.0. The van der Waals surface area contributed by atoms with E-state index in [0.717, 1.165) is 22.6 Å². The molecule has 0 saturated carbocycles. The molecule has 0 bridgehead atoms. The van der Waals surface area contributed by atoms with Crippen molar-refractivity contribution in [2.24, 2.45) is 4.99 Å². The Labute approximate surface area is 175 Å². The topological polar surface area (TPSA) is 106 Å². The Kier molecular flexibility index (Phi) is 7.09. The molecule has 0 saturated heterocycles. The third-order valence-corrected chi connectivity index (χ3v) is 4.31. The van der Waals surface area contributed by atoms with Gasteiger partial charge in [-0.1, -0.05) is 18.2 Å². The van der Waals surface area contributed by atoms with E-state index in [1.54, 1.807) is 21.3 Å². The summed E-state index contributed by atoms with van der Waals surface area (Å²) in [5, 5.41) is 13.3. The van der Waals surface area contributed by atoms with Gasteiger partial charge in [-0.2, -0.15) is 5.10 Å². The molecule has 0 aliphatic heterocycles. The number of nitrogens with one attached hydrogen (secondary N) is 3. The van der Waals surface area contributed by atoms with E-state index in [9.17, 15) is 0 Å². The summed E-state index contributed by atoms with van der Waals surface area (Å²) in [5.74, 6) is 3.03. The molecule has 0 atom stereocenters. The van der Waals surface area contributed by atoms with Gasteiger partial charge in [0, 0.05) is 29.9 Å².